The van der Waals surface area contributed by atoms with E-state index < -0.39 is 60.1 Å². The van der Waals surface area contributed by atoms with E-state index in [0.717, 1.165) is 0 Å². The predicted octanol–water partition coefficient (Wildman–Crippen LogP) is 2.86. The zero-order valence-electron chi connectivity index (χ0n) is 16.2. The Morgan fingerprint density at radius 1 is 1.42 bits per heavy atom. The maximum atomic E-state index is 14.9. The van der Waals surface area contributed by atoms with Gasteiger partial charge in [0.2, 0.25) is 6.23 Å². The van der Waals surface area contributed by atoms with Crippen molar-refractivity contribution in [1.82, 2.24) is 9.55 Å². The topological polar surface area (TPSA) is 118 Å². The Morgan fingerprint density at radius 3 is 2.82 bits per heavy atom. The second-order valence-corrected chi connectivity index (χ2v) is 10.5. The van der Waals surface area contributed by atoms with Crippen LogP contribution in [0.15, 0.2) is 35.3 Å². The molecule has 9 nitrogen and oxygen atoms in total. The molecule has 2 aliphatic heterocycles. The van der Waals surface area contributed by atoms with Crippen molar-refractivity contribution in [3.8, 4) is 5.75 Å². The number of hydrogen-bond donors (Lipinski definition) is 2. The van der Waals surface area contributed by atoms with E-state index in [1.165, 1.54) is 0 Å². The molecule has 4 rings (SSSR count). The molecule has 0 spiro atoms. The number of fused-ring (bicyclic) bond motifs is 1. The number of alkyl halides is 4. The van der Waals surface area contributed by atoms with Gasteiger partial charge < -0.3 is 20.1 Å². The Hall–Kier alpha value is -1.80. The first-order valence-corrected chi connectivity index (χ1v) is 12.1. The van der Waals surface area contributed by atoms with Crippen LogP contribution in [-0.4, -0.2) is 45.3 Å². The van der Waals surface area contributed by atoms with Gasteiger partial charge in [0.05, 0.1) is 18.2 Å². The summed E-state index contributed by atoms with van der Waals surface area (Å²) < 4.78 is 79.1. The average molecular weight is 532 g/mol. The van der Waals surface area contributed by atoms with Gasteiger partial charge in [-0.2, -0.15) is 13.8 Å². The minimum Gasteiger partial charge on any atom is -0.424 e. The molecule has 0 aliphatic carbocycles. The van der Waals surface area contributed by atoms with Crippen LogP contribution in [0.5, 0.6) is 5.75 Å². The number of aliphatic hydroxyl groups excluding tert-OH is 1. The summed E-state index contributed by atoms with van der Waals surface area (Å²) in [5, 5.41) is 9.81. The van der Waals surface area contributed by atoms with Crippen molar-refractivity contribution < 1.29 is 41.0 Å². The predicted molar refractivity (Wildman–Crippen MR) is 110 cm³/mol. The van der Waals surface area contributed by atoms with Crippen molar-refractivity contribution in [2.75, 3.05) is 12.3 Å². The third-order valence-corrected chi connectivity index (χ3v) is 7.51. The first kappa shape index (κ1) is 24.3. The highest BCUT2D eigenvalue weighted by Gasteiger charge is 2.71. The van der Waals surface area contributed by atoms with Crippen molar-refractivity contribution in [2.24, 2.45) is 0 Å². The summed E-state index contributed by atoms with van der Waals surface area (Å²) >= 11 is 10.9. The number of para-hydroxylation sites is 1. The van der Waals surface area contributed by atoms with Crippen molar-refractivity contribution in [1.29, 1.82) is 0 Å². The van der Waals surface area contributed by atoms with Crippen LogP contribution in [0, 0.1) is 0 Å². The molecule has 33 heavy (non-hydrogen) atoms. The van der Waals surface area contributed by atoms with E-state index in [2.05, 4.69) is 4.98 Å². The van der Waals surface area contributed by atoms with Crippen LogP contribution in [0.2, 0.25) is 5.02 Å². The number of aliphatic hydroxyl groups is 1. The highest BCUT2D eigenvalue weighted by atomic mass is 35.5. The van der Waals surface area contributed by atoms with Crippen LogP contribution >= 0.6 is 18.3 Å². The smallest absolute Gasteiger partial charge is 0.381 e. The van der Waals surface area contributed by atoms with Gasteiger partial charge in [-0.3, -0.25) is 13.6 Å². The highest BCUT2D eigenvalue weighted by molar-refractivity contribution is 8.07. The monoisotopic (exact) mass is 531 g/mol. The molecule has 2 aliphatic rings. The second kappa shape index (κ2) is 8.45. The molecule has 0 radical (unpaired) electrons. The van der Waals surface area contributed by atoms with Crippen molar-refractivity contribution >= 4 is 35.9 Å². The van der Waals surface area contributed by atoms with E-state index in [1.54, 1.807) is 24.3 Å². The molecular weight excluding hydrogens is 517 g/mol. The van der Waals surface area contributed by atoms with Crippen LogP contribution in [0.3, 0.4) is 0 Å². The average Bonchev–Trinajstić information content (AvgIpc) is 2.96. The van der Waals surface area contributed by atoms with Crippen LogP contribution in [0.1, 0.15) is 11.8 Å². The van der Waals surface area contributed by atoms with Crippen LogP contribution in [0.25, 0.3) is 0 Å². The number of halogens is 5. The lowest BCUT2D eigenvalue weighted by molar-refractivity contribution is -0.193. The lowest BCUT2D eigenvalue weighted by Gasteiger charge is -2.34. The Kier molecular flexibility index (Phi) is 6.23. The standard InChI is InChI=1S/C17H15ClF4N3O6PS/c18-9-5-25(15(27)24-11(9)23)14-17(21,22)12(26)16(30-14,13(19)20)7-29-32(33)28-6-8-3-1-2-4-10(8)31-32/h1-5,12-14,26H,6-7H2,(H2,23,24,27)/t12-,14-,16-,32?/m1/s1. The highest BCUT2D eigenvalue weighted by Crippen LogP contribution is 2.57. The Morgan fingerprint density at radius 2 is 2.12 bits per heavy atom. The fraction of sp³-hybridized carbons (Fsp3) is 0.412. The zero-order chi connectivity index (χ0) is 24.2. The molecule has 1 aromatic heterocycles. The molecule has 1 aromatic carbocycles. The molecule has 16 heteroatoms. The molecule has 0 bridgehead atoms. The minimum atomic E-state index is -4.39. The fourth-order valence-electron chi connectivity index (χ4n) is 3.28. The maximum absolute atomic E-state index is 14.9. The number of nitrogen functional groups attached to an aromatic ring is 1. The number of rotatable bonds is 5. The summed E-state index contributed by atoms with van der Waals surface area (Å²) in [6, 6.07) is 6.55. The largest absolute Gasteiger partial charge is 0.424 e. The van der Waals surface area contributed by atoms with Crippen molar-refractivity contribution in [2.45, 2.75) is 36.9 Å². The first-order chi connectivity index (χ1) is 15.4. The van der Waals surface area contributed by atoms with Gasteiger partial charge in [-0.05, 0) is 6.07 Å². The molecule has 0 amide bonds. The van der Waals surface area contributed by atoms with Gasteiger partial charge in [0.15, 0.2) is 11.7 Å². The summed E-state index contributed by atoms with van der Waals surface area (Å²) in [5.41, 5.74) is 1.31. The molecule has 1 fully saturated rings. The summed E-state index contributed by atoms with van der Waals surface area (Å²) in [4.78, 5) is 15.3. The molecule has 180 valence electrons. The van der Waals surface area contributed by atoms with Gasteiger partial charge in [-0.25, -0.2) is 13.6 Å². The van der Waals surface area contributed by atoms with E-state index in [0.29, 0.717) is 11.8 Å². The third kappa shape index (κ3) is 4.14. The Bertz CT molecular complexity index is 1190. The number of nitrogens with two attached hydrogens (primary N) is 1. The maximum Gasteiger partial charge on any atom is 0.381 e. The number of nitrogens with zero attached hydrogens (tertiary/aromatic N) is 2. The molecule has 2 aromatic rings. The van der Waals surface area contributed by atoms with Crippen molar-refractivity contribution in [3.63, 3.8) is 0 Å². The summed E-state index contributed by atoms with van der Waals surface area (Å²) in [5.74, 6) is -4.57. The second-order valence-electron chi connectivity index (χ2n) is 7.16. The molecule has 0 saturated carbocycles. The van der Waals surface area contributed by atoms with Gasteiger partial charge in [0.1, 0.15) is 11.6 Å². The summed E-state index contributed by atoms with van der Waals surface area (Å²) in [6.07, 6.45) is -8.87. The van der Waals surface area contributed by atoms with Gasteiger partial charge in [0.25, 0.3) is 6.43 Å². The first-order valence-electron chi connectivity index (χ1n) is 9.12. The normalized spacial score (nSPS) is 30.8. The van der Waals surface area contributed by atoms with Gasteiger partial charge in [-0.15, -0.1) is 0 Å². The van der Waals surface area contributed by atoms with Crippen LogP contribution < -0.4 is 15.9 Å². The van der Waals surface area contributed by atoms with E-state index >= 15 is 0 Å². The summed E-state index contributed by atoms with van der Waals surface area (Å²) in [6.45, 7) is -5.12. The third-order valence-electron chi connectivity index (χ3n) is 5.05. The van der Waals surface area contributed by atoms with Crippen molar-refractivity contribution in [3.05, 3.63) is 51.5 Å². The quantitative estimate of drug-likeness (QED) is 0.443. The number of hydrogen-bond acceptors (Lipinski definition) is 9. The molecule has 1 saturated heterocycles. The van der Waals surface area contributed by atoms with Gasteiger partial charge in [-0.1, -0.05) is 29.8 Å². The lowest BCUT2D eigenvalue weighted by atomic mass is 9.96. The van der Waals surface area contributed by atoms with E-state index in [-0.39, 0.29) is 16.9 Å². The minimum absolute atomic E-state index is 0.0671. The van der Waals surface area contributed by atoms with E-state index in [9.17, 15) is 27.5 Å². The van der Waals surface area contributed by atoms with Gasteiger partial charge >= 0.3 is 18.3 Å². The van der Waals surface area contributed by atoms with E-state index in [1.807, 2.05) is 0 Å². The van der Waals surface area contributed by atoms with Crippen LogP contribution in [0.4, 0.5) is 23.4 Å². The molecule has 4 atom stereocenters. The fourth-order valence-corrected chi connectivity index (χ4v) is 5.24. The SMILES string of the molecule is Nc1nc(=O)n([C@@H]2O[C@@](COP3(=S)OCc4ccccc4O3)(C(F)F)[C@@H](O)C2(F)F)cc1Cl. The van der Waals surface area contributed by atoms with Crippen LogP contribution in [-0.2, 0) is 32.2 Å². The summed E-state index contributed by atoms with van der Waals surface area (Å²) in [7, 11) is 0. The molecule has 1 unspecified atom stereocenters. The Balaban J connectivity index is 1.64. The Labute approximate surface area is 193 Å². The lowest BCUT2D eigenvalue weighted by Crippen LogP contribution is -2.54. The number of ether oxygens (including phenoxy) is 1. The number of aromatic nitrogens is 2. The zero-order valence-corrected chi connectivity index (χ0v) is 18.7. The van der Waals surface area contributed by atoms with Gasteiger partial charge in [0, 0.05) is 23.6 Å². The number of anilines is 1. The van der Waals surface area contributed by atoms with E-state index in [4.69, 9.17) is 47.4 Å². The molecular formula is C17H15ClF4N3O6PS. The number of benzene rings is 1. The molecule has 3 N–H and O–H groups in total. The molecule has 3 heterocycles.